The summed E-state index contributed by atoms with van der Waals surface area (Å²) in [6.45, 7) is 0. The molecule has 0 aliphatic heterocycles. The molecular formula is C10H6N6O2. The molecule has 8 nitrogen and oxygen atoms in total. The predicted molar refractivity (Wildman–Crippen MR) is 61.1 cm³/mol. The highest BCUT2D eigenvalue weighted by molar-refractivity contribution is 5.70. The minimum Gasteiger partial charge on any atom is -0.358 e. The summed E-state index contributed by atoms with van der Waals surface area (Å²) in [4.78, 5) is 22.4. The van der Waals surface area contributed by atoms with E-state index < -0.39 is 4.92 Å². The Balaban J connectivity index is 2.10. The Morgan fingerprint density at radius 1 is 1.17 bits per heavy atom. The van der Waals surface area contributed by atoms with Crippen LogP contribution in [-0.2, 0) is 0 Å². The maximum absolute atomic E-state index is 10.5. The molecule has 18 heavy (non-hydrogen) atoms. The Kier molecular flexibility index (Phi) is 2.19. The lowest BCUT2D eigenvalue weighted by Gasteiger charge is -1.97. The van der Waals surface area contributed by atoms with Crippen LogP contribution in [0, 0.1) is 10.1 Å². The SMILES string of the molecule is O=[N+]([O-])c1ccn(-c2ccc3nccnc3n2)n1. The summed E-state index contributed by atoms with van der Waals surface area (Å²) >= 11 is 0. The lowest BCUT2D eigenvalue weighted by atomic mass is 10.4. The van der Waals surface area contributed by atoms with Crippen LogP contribution in [0.15, 0.2) is 36.8 Å². The number of hydrogen-bond donors (Lipinski definition) is 0. The molecule has 0 saturated heterocycles. The zero-order valence-electron chi connectivity index (χ0n) is 8.96. The average molecular weight is 242 g/mol. The second-order valence-electron chi connectivity index (χ2n) is 3.44. The highest BCUT2D eigenvalue weighted by atomic mass is 16.6. The molecule has 0 fully saturated rings. The van der Waals surface area contributed by atoms with Crippen molar-refractivity contribution in [2.45, 2.75) is 0 Å². The molecule has 0 aliphatic carbocycles. The van der Waals surface area contributed by atoms with E-state index >= 15 is 0 Å². The highest BCUT2D eigenvalue weighted by Crippen LogP contribution is 2.12. The van der Waals surface area contributed by atoms with E-state index in [1.807, 2.05) is 0 Å². The molecule has 8 heteroatoms. The number of hydrogen-bond acceptors (Lipinski definition) is 6. The van der Waals surface area contributed by atoms with Gasteiger partial charge in [0.25, 0.3) is 0 Å². The van der Waals surface area contributed by atoms with E-state index in [1.165, 1.54) is 23.1 Å². The standard InChI is InChI=1S/C10H6N6O2/c17-16(18)9-3-6-15(14-9)8-2-1-7-10(13-8)12-5-4-11-7/h1-6H. The van der Waals surface area contributed by atoms with Crippen LogP contribution < -0.4 is 0 Å². The number of fused-ring (bicyclic) bond motifs is 1. The Morgan fingerprint density at radius 2 is 2.00 bits per heavy atom. The highest BCUT2D eigenvalue weighted by Gasteiger charge is 2.13. The Labute approximate surface area is 100 Å². The van der Waals surface area contributed by atoms with Crippen molar-refractivity contribution in [2.24, 2.45) is 0 Å². The third-order valence-electron chi connectivity index (χ3n) is 2.31. The van der Waals surface area contributed by atoms with Crippen molar-refractivity contribution in [3.63, 3.8) is 0 Å². The van der Waals surface area contributed by atoms with Crippen molar-refractivity contribution >= 4 is 17.0 Å². The predicted octanol–water partition coefficient (Wildman–Crippen LogP) is 1.12. The molecule has 0 atom stereocenters. The minimum atomic E-state index is -0.558. The van der Waals surface area contributed by atoms with Gasteiger partial charge in [0, 0.05) is 12.4 Å². The van der Waals surface area contributed by atoms with E-state index in [1.54, 1.807) is 18.3 Å². The van der Waals surface area contributed by atoms with E-state index in [0.29, 0.717) is 17.0 Å². The van der Waals surface area contributed by atoms with Gasteiger partial charge in [0.1, 0.15) is 5.52 Å². The monoisotopic (exact) mass is 242 g/mol. The maximum Gasteiger partial charge on any atom is 0.390 e. The first-order valence-electron chi connectivity index (χ1n) is 5.02. The van der Waals surface area contributed by atoms with Crippen LogP contribution in [0.4, 0.5) is 5.82 Å². The van der Waals surface area contributed by atoms with E-state index in [0.717, 1.165) is 0 Å². The molecule has 3 heterocycles. The number of rotatable bonds is 2. The summed E-state index contributed by atoms with van der Waals surface area (Å²) < 4.78 is 1.33. The van der Waals surface area contributed by atoms with E-state index in [4.69, 9.17) is 0 Å². The molecule has 0 aromatic carbocycles. The first-order chi connectivity index (χ1) is 8.74. The van der Waals surface area contributed by atoms with Crippen LogP contribution >= 0.6 is 0 Å². The molecule has 3 rings (SSSR count). The van der Waals surface area contributed by atoms with Gasteiger partial charge < -0.3 is 10.1 Å². The van der Waals surface area contributed by atoms with Crippen molar-refractivity contribution in [1.82, 2.24) is 24.7 Å². The quantitative estimate of drug-likeness (QED) is 0.493. The number of nitrogens with zero attached hydrogens (tertiary/aromatic N) is 6. The summed E-state index contributed by atoms with van der Waals surface area (Å²) in [5.41, 5.74) is 1.12. The summed E-state index contributed by atoms with van der Waals surface area (Å²) in [5, 5.41) is 14.3. The van der Waals surface area contributed by atoms with Crippen LogP contribution in [0.5, 0.6) is 0 Å². The van der Waals surface area contributed by atoms with Gasteiger partial charge in [-0.3, -0.25) is 4.98 Å². The van der Waals surface area contributed by atoms with Crippen molar-refractivity contribution in [3.8, 4) is 5.82 Å². The molecule has 0 spiro atoms. The molecule has 3 aromatic rings. The van der Waals surface area contributed by atoms with Crippen LogP contribution in [0.25, 0.3) is 17.0 Å². The van der Waals surface area contributed by atoms with Crippen molar-refractivity contribution < 1.29 is 4.92 Å². The minimum absolute atomic E-state index is 0.226. The normalized spacial score (nSPS) is 10.7. The van der Waals surface area contributed by atoms with Gasteiger partial charge in [-0.1, -0.05) is 0 Å². The van der Waals surface area contributed by atoms with Crippen LogP contribution in [0.1, 0.15) is 0 Å². The first-order valence-corrected chi connectivity index (χ1v) is 5.02. The second-order valence-corrected chi connectivity index (χ2v) is 3.44. The summed E-state index contributed by atoms with van der Waals surface area (Å²) in [7, 11) is 0. The Morgan fingerprint density at radius 3 is 2.78 bits per heavy atom. The van der Waals surface area contributed by atoms with Gasteiger partial charge in [0.05, 0.1) is 17.4 Å². The molecule has 0 saturated carbocycles. The fraction of sp³-hybridized carbons (Fsp3) is 0. The molecule has 3 aromatic heterocycles. The van der Waals surface area contributed by atoms with Gasteiger partial charge >= 0.3 is 5.82 Å². The molecular weight excluding hydrogens is 236 g/mol. The first kappa shape index (κ1) is 10.3. The van der Waals surface area contributed by atoms with Crippen LogP contribution in [0.2, 0.25) is 0 Å². The van der Waals surface area contributed by atoms with E-state index in [9.17, 15) is 10.1 Å². The maximum atomic E-state index is 10.5. The topological polar surface area (TPSA) is 99.6 Å². The summed E-state index contributed by atoms with van der Waals surface area (Å²) in [6, 6.07) is 4.72. The zero-order chi connectivity index (χ0) is 12.5. The largest absolute Gasteiger partial charge is 0.390 e. The number of pyridine rings is 1. The summed E-state index contributed by atoms with van der Waals surface area (Å²) in [5.74, 6) is 0.229. The molecule has 0 unspecified atom stereocenters. The third-order valence-corrected chi connectivity index (χ3v) is 2.31. The second kappa shape index (κ2) is 3.84. The molecule has 0 N–H and O–H groups in total. The van der Waals surface area contributed by atoms with Crippen LogP contribution in [0.3, 0.4) is 0 Å². The lowest BCUT2D eigenvalue weighted by molar-refractivity contribution is -0.389. The Hall–Kier alpha value is -2.90. The van der Waals surface area contributed by atoms with Crippen molar-refractivity contribution in [1.29, 1.82) is 0 Å². The molecule has 0 bridgehead atoms. The zero-order valence-corrected chi connectivity index (χ0v) is 8.96. The molecule has 0 amide bonds. The number of nitro groups is 1. The molecule has 88 valence electrons. The van der Waals surface area contributed by atoms with Crippen LogP contribution in [-0.4, -0.2) is 29.7 Å². The smallest absolute Gasteiger partial charge is 0.358 e. The van der Waals surface area contributed by atoms with E-state index in [-0.39, 0.29) is 5.82 Å². The lowest BCUT2D eigenvalue weighted by Crippen LogP contribution is -2.00. The Bertz CT molecular complexity index is 738. The average Bonchev–Trinajstić information content (AvgIpc) is 2.88. The van der Waals surface area contributed by atoms with Gasteiger partial charge in [0.2, 0.25) is 0 Å². The van der Waals surface area contributed by atoms with Gasteiger partial charge in [-0.15, -0.1) is 4.68 Å². The van der Waals surface area contributed by atoms with Gasteiger partial charge in [0.15, 0.2) is 11.5 Å². The van der Waals surface area contributed by atoms with E-state index in [2.05, 4.69) is 20.1 Å². The van der Waals surface area contributed by atoms with Gasteiger partial charge in [-0.05, 0) is 17.1 Å². The molecule has 0 radical (unpaired) electrons. The van der Waals surface area contributed by atoms with Gasteiger partial charge in [-0.25, -0.2) is 9.97 Å². The fourth-order valence-electron chi connectivity index (χ4n) is 1.51. The van der Waals surface area contributed by atoms with Gasteiger partial charge in [-0.2, -0.15) is 0 Å². The summed E-state index contributed by atoms with van der Waals surface area (Å²) in [6.07, 6.45) is 4.58. The third kappa shape index (κ3) is 1.65. The fourth-order valence-corrected chi connectivity index (χ4v) is 1.51. The van der Waals surface area contributed by atoms with Crippen molar-refractivity contribution in [3.05, 3.63) is 46.9 Å². The number of aromatic nitrogens is 5. The van der Waals surface area contributed by atoms with Crippen molar-refractivity contribution in [2.75, 3.05) is 0 Å². The molecule has 0 aliphatic rings.